The lowest BCUT2D eigenvalue weighted by Crippen LogP contribution is -2.30. The van der Waals surface area contributed by atoms with Gasteiger partial charge in [0.25, 0.3) is 0 Å². The maximum absolute atomic E-state index is 14.0. The average Bonchev–Trinajstić information content (AvgIpc) is 3.07. The molecule has 3 nitrogen and oxygen atoms in total. The molecular weight excluding hydrogens is 378 g/mol. The molecule has 7 heteroatoms. The summed E-state index contributed by atoms with van der Waals surface area (Å²) in [7, 11) is 0. The molecule has 0 aliphatic carbocycles. The van der Waals surface area contributed by atoms with Gasteiger partial charge >= 0.3 is 0 Å². The second-order valence-corrected chi connectivity index (χ2v) is 10.2. The van der Waals surface area contributed by atoms with Crippen molar-refractivity contribution in [2.45, 2.75) is 99.8 Å². The number of halogens is 2. The number of aliphatic hydroxyl groups is 1. The Labute approximate surface area is 165 Å². The van der Waals surface area contributed by atoms with Gasteiger partial charge in [-0.05, 0) is 32.1 Å². The standard InChI is InChI=1S/C12H21FO2S.C7H13FOS/c1-3-9-8(2)11(13)12(16-9)15-10-6-4-5-7-14-10;1-3-5-4(2)6(8)7(9)10-5/h8-12H,3-7H2,1-2H3;4-7,9H,3H2,1-2H3/t8-,9-,10?,11+,12?;4-,5-,6+,7?/m11/s1. The van der Waals surface area contributed by atoms with Crippen LogP contribution in [0.2, 0.25) is 0 Å². The molecule has 3 heterocycles. The lowest BCUT2D eigenvalue weighted by Gasteiger charge is -2.26. The monoisotopic (exact) mass is 412 g/mol. The van der Waals surface area contributed by atoms with Crippen LogP contribution in [-0.4, -0.2) is 51.7 Å². The second kappa shape index (κ2) is 10.8. The van der Waals surface area contributed by atoms with Gasteiger partial charge in [0.15, 0.2) is 6.29 Å². The van der Waals surface area contributed by atoms with Crippen LogP contribution in [0.25, 0.3) is 0 Å². The van der Waals surface area contributed by atoms with E-state index in [-0.39, 0.29) is 23.6 Å². The van der Waals surface area contributed by atoms with Gasteiger partial charge in [-0.25, -0.2) is 8.78 Å². The van der Waals surface area contributed by atoms with Crippen LogP contribution in [0.1, 0.15) is 59.8 Å². The summed E-state index contributed by atoms with van der Waals surface area (Å²) in [4.78, 5) is 0. The maximum atomic E-state index is 14.0. The topological polar surface area (TPSA) is 38.7 Å². The first-order chi connectivity index (χ1) is 12.4. The van der Waals surface area contributed by atoms with Gasteiger partial charge in [-0.2, -0.15) is 0 Å². The number of ether oxygens (including phenoxy) is 2. The van der Waals surface area contributed by atoms with Crippen LogP contribution in [0.4, 0.5) is 8.78 Å². The average molecular weight is 413 g/mol. The fourth-order valence-corrected chi connectivity index (χ4v) is 6.55. The number of aliphatic hydroxyl groups excluding tert-OH is 1. The third kappa shape index (κ3) is 5.72. The Morgan fingerprint density at radius 2 is 1.62 bits per heavy atom. The Kier molecular flexibility index (Phi) is 9.48. The molecule has 3 rings (SSSR count). The minimum Gasteiger partial charge on any atom is -0.379 e. The van der Waals surface area contributed by atoms with Gasteiger partial charge in [-0.15, -0.1) is 23.5 Å². The van der Waals surface area contributed by atoms with Crippen molar-refractivity contribution in [2.24, 2.45) is 11.8 Å². The molecule has 154 valence electrons. The predicted octanol–water partition coefficient (Wildman–Crippen LogP) is 5.16. The Hall–Kier alpha value is 0.440. The minimum absolute atomic E-state index is 0.0185. The number of rotatable bonds is 4. The van der Waals surface area contributed by atoms with E-state index in [4.69, 9.17) is 14.6 Å². The third-order valence-corrected chi connectivity index (χ3v) is 8.96. The van der Waals surface area contributed by atoms with E-state index in [0.717, 1.165) is 38.7 Å². The third-order valence-electron chi connectivity index (χ3n) is 5.56. The molecule has 1 N–H and O–H groups in total. The highest BCUT2D eigenvalue weighted by atomic mass is 32.2. The molecule has 0 bridgehead atoms. The summed E-state index contributed by atoms with van der Waals surface area (Å²) < 4.78 is 38.1. The zero-order valence-electron chi connectivity index (χ0n) is 16.3. The largest absolute Gasteiger partial charge is 0.379 e. The summed E-state index contributed by atoms with van der Waals surface area (Å²) in [5, 5.41) is 9.76. The highest BCUT2D eigenvalue weighted by molar-refractivity contribution is 8.00. The molecule has 3 saturated heterocycles. The molecule has 3 fully saturated rings. The molecule has 0 aromatic carbocycles. The van der Waals surface area contributed by atoms with Crippen molar-refractivity contribution in [2.75, 3.05) is 6.61 Å². The van der Waals surface area contributed by atoms with E-state index in [1.54, 1.807) is 11.8 Å². The molecule has 26 heavy (non-hydrogen) atoms. The Balaban J connectivity index is 0.000000209. The fourth-order valence-electron chi connectivity index (χ4n) is 3.68. The van der Waals surface area contributed by atoms with Gasteiger partial charge in [0.05, 0.1) is 0 Å². The summed E-state index contributed by atoms with van der Waals surface area (Å²) in [6.07, 6.45) is 3.06. The van der Waals surface area contributed by atoms with E-state index in [2.05, 4.69) is 6.92 Å². The normalized spacial score (nSPS) is 46.0. The van der Waals surface area contributed by atoms with Crippen molar-refractivity contribution in [3.8, 4) is 0 Å². The highest BCUT2D eigenvalue weighted by Gasteiger charge is 2.43. The second-order valence-electron chi connectivity index (χ2n) is 7.46. The predicted molar refractivity (Wildman–Crippen MR) is 106 cm³/mol. The summed E-state index contributed by atoms with van der Waals surface area (Å²) in [5.74, 6) is 0.119. The first kappa shape index (κ1) is 22.7. The summed E-state index contributed by atoms with van der Waals surface area (Å²) in [6.45, 7) is 8.74. The first-order valence-corrected chi connectivity index (χ1v) is 11.8. The van der Waals surface area contributed by atoms with Crippen LogP contribution in [0.3, 0.4) is 0 Å². The fraction of sp³-hybridized carbons (Fsp3) is 1.00. The van der Waals surface area contributed by atoms with E-state index < -0.39 is 17.8 Å². The molecule has 9 atom stereocenters. The zero-order chi connectivity index (χ0) is 19.3. The molecule has 3 aliphatic heterocycles. The van der Waals surface area contributed by atoms with Crippen LogP contribution in [-0.2, 0) is 9.47 Å². The number of alkyl halides is 2. The lowest BCUT2D eigenvalue weighted by atomic mass is 10.0. The number of hydrogen-bond donors (Lipinski definition) is 1. The van der Waals surface area contributed by atoms with Gasteiger partial charge in [0, 0.05) is 28.9 Å². The minimum atomic E-state index is -1.02. The van der Waals surface area contributed by atoms with Gasteiger partial charge in [-0.3, -0.25) is 0 Å². The van der Waals surface area contributed by atoms with Gasteiger partial charge in [0.2, 0.25) is 0 Å². The summed E-state index contributed by atoms with van der Waals surface area (Å²) in [5.41, 5.74) is -1.09. The van der Waals surface area contributed by atoms with Crippen LogP contribution < -0.4 is 0 Å². The molecule has 0 aromatic heterocycles. The summed E-state index contributed by atoms with van der Waals surface area (Å²) >= 11 is 3.01. The zero-order valence-corrected chi connectivity index (χ0v) is 17.9. The SMILES string of the molecule is CC[C@H]1SC(O)[C@@H](F)[C@@H]1C.CC[C@H]1SC(OC2CCCCO2)[C@@H](F)[C@@H]1C. The Morgan fingerprint density at radius 3 is 2.04 bits per heavy atom. The number of hydrogen-bond acceptors (Lipinski definition) is 5. The molecule has 3 unspecified atom stereocenters. The van der Waals surface area contributed by atoms with Crippen molar-refractivity contribution in [3.05, 3.63) is 0 Å². The van der Waals surface area contributed by atoms with Crippen molar-refractivity contribution in [1.29, 1.82) is 0 Å². The molecule has 3 aliphatic rings. The molecular formula is C19H34F2O3S2. The maximum Gasteiger partial charge on any atom is 0.159 e. The van der Waals surface area contributed by atoms with E-state index in [1.807, 2.05) is 20.8 Å². The first-order valence-electron chi connectivity index (χ1n) is 9.93. The van der Waals surface area contributed by atoms with E-state index >= 15 is 0 Å². The van der Waals surface area contributed by atoms with E-state index in [1.165, 1.54) is 11.8 Å². The highest BCUT2D eigenvalue weighted by Crippen LogP contribution is 2.43. The van der Waals surface area contributed by atoms with Crippen LogP contribution in [0.15, 0.2) is 0 Å². The van der Waals surface area contributed by atoms with E-state index in [0.29, 0.717) is 10.5 Å². The van der Waals surface area contributed by atoms with Crippen LogP contribution >= 0.6 is 23.5 Å². The molecule has 0 saturated carbocycles. The molecule has 0 radical (unpaired) electrons. The van der Waals surface area contributed by atoms with Crippen LogP contribution in [0.5, 0.6) is 0 Å². The van der Waals surface area contributed by atoms with Gasteiger partial charge in [0.1, 0.15) is 23.2 Å². The Bertz CT molecular complexity index is 412. The quantitative estimate of drug-likeness (QED) is 0.690. The van der Waals surface area contributed by atoms with Crippen molar-refractivity contribution in [3.63, 3.8) is 0 Å². The lowest BCUT2D eigenvalue weighted by molar-refractivity contribution is -0.179. The van der Waals surface area contributed by atoms with Gasteiger partial charge in [-0.1, -0.05) is 27.7 Å². The Morgan fingerprint density at radius 1 is 1.00 bits per heavy atom. The van der Waals surface area contributed by atoms with E-state index in [9.17, 15) is 8.78 Å². The molecule has 0 spiro atoms. The van der Waals surface area contributed by atoms with Crippen molar-refractivity contribution in [1.82, 2.24) is 0 Å². The van der Waals surface area contributed by atoms with Crippen molar-refractivity contribution >= 4 is 23.5 Å². The summed E-state index contributed by atoms with van der Waals surface area (Å²) in [6, 6.07) is 0. The smallest absolute Gasteiger partial charge is 0.159 e. The molecule has 0 amide bonds. The molecule has 0 aromatic rings. The number of thioether (sulfide) groups is 2. The van der Waals surface area contributed by atoms with Crippen LogP contribution in [0, 0.1) is 11.8 Å². The van der Waals surface area contributed by atoms with Gasteiger partial charge < -0.3 is 14.6 Å². The van der Waals surface area contributed by atoms with Crippen molar-refractivity contribution < 1.29 is 23.4 Å².